The van der Waals surface area contributed by atoms with Crippen molar-refractivity contribution in [2.45, 2.75) is 106 Å². The zero-order valence-corrected chi connectivity index (χ0v) is 14.2. The minimum atomic E-state index is -3.05. The molecule has 8 unspecified atom stereocenters. The van der Waals surface area contributed by atoms with E-state index in [-0.39, 0.29) is 0 Å². The molecule has 0 nitrogen and oxygen atoms in total. The normalized spacial score (nSPS) is 111. The van der Waals surface area contributed by atoms with Gasteiger partial charge in [0.05, 0.1) is 0 Å². The van der Waals surface area contributed by atoms with E-state index in [2.05, 4.69) is 20.8 Å². The van der Waals surface area contributed by atoms with Crippen molar-refractivity contribution in [3.05, 3.63) is 0 Å². The first-order chi connectivity index (χ1) is 9.51. The molecule has 1 spiro atoms. The first-order valence-electron chi connectivity index (χ1n) is 9.71. The number of rotatable bonds is 6. The average molecular weight is 312 g/mol. The molecule has 20 heavy (non-hydrogen) atoms. The summed E-state index contributed by atoms with van der Waals surface area (Å²) in [6.07, 6.45) is 9.83. The van der Waals surface area contributed by atoms with Crippen LogP contribution < -0.4 is 0 Å². The van der Waals surface area contributed by atoms with Crippen molar-refractivity contribution in [1.82, 2.24) is 0 Å². The van der Waals surface area contributed by atoms with Crippen LogP contribution in [0.2, 0.25) is 46.7 Å². The molecule has 0 bridgehead atoms. The minimum absolute atomic E-state index is 1.15. The second kappa shape index (κ2) is 0.817. The Labute approximate surface area is 112 Å². The molecule has 8 atom stereocenters. The van der Waals surface area contributed by atoms with Gasteiger partial charge in [-0.1, -0.05) is 0 Å². The van der Waals surface area contributed by atoms with E-state index >= 15 is 0 Å². The second-order valence-corrected chi connectivity index (χ2v) is 35.8. The Morgan fingerprint density at radius 1 is 0.650 bits per heavy atom. The summed E-state index contributed by atoms with van der Waals surface area (Å²) < 4.78 is 3.48. The van der Waals surface area contributed by atoms with Gasteiger partial charge in [-0.05, 0) is 0 Å². The van der Waals surface area contributed by atoms with Crippen LogP contribution in [0, 0.1) is 0 Å². The zero-order chi connectivity index (χ0) is 13.1. The molecule has 0 aromatic heterocycles. The molecule has 0 aliphatic carbocycles. The SMILES string of the molecule is CCC[C]12[CH]3[CH]4[CH]5[CH]1[Fe]45321678[CH]2[CH]1[C]6(CCC)[C]7(CCC)[CH]28. The summed E-state index contributed by atoms with van der Waals surface area (Å²) in [7, 11) is 0. The first-order valence-corrected chi connectivity index (χ1v) is 15.8. The van der Waals surface area contributed by atoms with E-state index in [1.54, 1.807) is 19.3 Å². The van der Waals surface area contributed by atoms with Gasteiger partial charge in [-0.3, -0.25) is 0 Å². The molecular weight excluding hydrogens is 284 g/mol. The van der Waals surface area contributed by atoms with Gasteiger partial charge in [0.15, 0.2) is 0 Å². The molecule has 10 aliphatic heterocycles. The molecule has 10 aliphatic rings. The van der Waals surface area contributed by atoms with Crippen LogP contribution in [0.4, 0.5) is 0 Å². The second-order valence-electron chi connectivity index (χ2n) is 12.5. The Morgan fingerprint density at radius 2 is 1.15 bits per heavy atom. The van der Waals surface area contributed by atoms with Crippen molar-refractivity contribution in [3.8, 4) is 0 Å². The van der Waals surface area contributed by atoms with Crippen molar-refractivity contribution >= 4 is 0 Å². The van der Waals surface area contributed by atoms with Crippen LogP contribution in [0.5, 0.6) is 0 Å². The Morgan fingerprint density at radius 3 is 1.50 bits per heavy atom. The molecule has 10 saturated heterocycles. The average Bonchev–Trinajstić information content (AvgIpc) is 3.38. The third-order valence-corrected chi connectivity index (χ3v) is 63.0. The van der Waals surface area contributed by atoms with Crippen LogP contribution >= 0.6 is 0 Å². The molecule has 0 aromatic rings. The Kier molecular flexibility index (Phi) is 0.367. The molecular formula is C19H28Fe. The molecule has 10 fully saturated rings. The van der Waals surface area contributed by atoms with Crippen LogP contribution in [-0.4, -0.2) is 0 Å². The Bertz CT molecular complexity index is 1010. The molecule has 0 amide bonds. The molecule has 0 N–H and O–H groups in total. The predicted molar refractivity (Wildman–Crippen MR) is 79.1 cm³/mol. The van der Waals surface area contributed by atoms with E-state index < -0.39 is 6.51 Å². The molecule has 1 heteroatoms. The molecule has 0 aromatic carbocycles. The monoisotopic (exact) mass is 312 g/mol. The fourth-order valence-corrected chi connectivity index (χ4v) is 103. The number of hydrogen-bond donors (Lipinski definition) is 0. The summed E-state index contributed by atoms with van der Waals surface area (Å²) in [5.74, 6) is 0. The van der Waals surface area contributed by atoms with Crippen LogP contribution in [0.3, 0.4) is 0 Å². The maximum absolute atomic E-state index is 3.05. The van der Waals surface area contributed by atoms with Gasteiger partial charge in [-0.2, -0.15) is 0 Å². The van der Waals surface area contributed by atoms with Crippen molar-refractivity contribution in [1.29, 1.82) is 0 Å². The van der Waals surface area contributed by atoms with E-state index in [4.69, 9.17) is 0 Å². The van der Waals surface area contributed by atoms with Crippen molar-refractivity contribution in [2.75, 3.05) is 0 Å². The van der Waals surface area contributed by atoms with Crippen molar-refractivity contribution in [2.24, 2.45) is 0 Å². The predicted octanol–water partition coefficient (Wildman–Crippen LogP) is 6.89. The first kappa shape index (κ1) is 8.97. The van der Waals surface area contributed by atoms with Crippen molar-refractivity contribution < 1.29 is 6.51 Å². The quantitative estimate of drug-likeness (QED) is 0.469. The summed E-state index contributed by atoms with van der Waals surface area (Å²) in [5, 5.41) is 0. The van der Waals surface area contributed by atoms with Gasteiger partial charge in [0.25, 0.3) is 0 Å². The number of hydrogen-bond acceptors (Lipinski definition) is 0. The maximum atomic E-state index is 2.53. The van der Waals surface area contributed by atoms with Crippen LogP contribution in [-0.2, 0) is 6.51 Å². The topological polar surface area (TPSA) is 0 Å². The molecule has 0 radical (unpaired) electrons. The third kappa shape index (κ3) is 0.0891. The van der Waals surface area contributed by atoms with E-state index in [0.29, 0.717) is 0 Å². The zero-order valence-electron chi connectivity index (χ0n) is 13.1. The summed E-state index contributed by atoms with van der Waals surface area (Å²) in [5.41, 5.74) is 0. The van der Waals surface area contributed by atoms with Gasteiger partial charge < -0.3 is 0 Å². The molecule has 10 heterocycles. The van der Waals surface area contributed by atoms with E-state index in [1.807, 2.05) is 0 Å². The fourth-order valence-electron chi connectivity index (χ4n) is 21.6. The van der Waals surface area contributed by atoms with Crippen LogP contribution in [0.25, 0.3) is 0 Å². The van der Waals surface area contributed by atoms with Gasteiger partial charge in [-0.15, -0.1) is 0 Å². The van der Waals surface area contributed by atoms with Crippen LogP contribution in [0.1, 0.15) is 59.3 Å². The summed E-state index contributed by atoms with van der Waals surface area (Å²) >= 11 is 0. The van der Waals surface area contributed by atoms with Gasteiger partial charge >= 0.3 is 112 Å². The summed E-state index contributed by atoms with van der Waals surface area (Å²) in [4.78, 5) is 10.6. The van der Waals surface area contributed by atoms with E-state index in [9.17, 15) is 0 Å². The fraction of sp³-hybridized carbons (Fsp3) is 1.00. The molecule has 0 saturated carbocycles. The van der Waals surface area contributed by atoms with Gasteiger partial charge in [0, 0.05) is 0 Å². The van der Waals surface area contributed by atoms with Gasteiger partial charge in [0.2, 0.25) is 0 Å². The van der Waals surface area contributed by atoms with Gasteiger partial charge in [-0.25, -0.2) is 0 Å². The standard InChI is InChI=1S/C11H17.C8H11.Fe/c1-3-6-10-8-5-9-11(10)7-4-2;1-2-5-8-6-3-4-7-8;/h5,8-9H,3-4,6-7H2,1-2H3;3-4,6-7H,2,5H2,1H3;. The molecule has 112 valence electrons. The molecule has 10 rings (SSSR count). The third-order valence-electron chi connectivity index (χ3n) is 17.8. The number of fused-ring (bicyclic) bond motifs is 10. The summed E-state index contributed by atoms with van der Waals surface area (Å²) in [6.45, 7) is 4.52. The summed E-state index contributed by atoms with van der Waals surface area (Å²) in [6, 6.07) is 0. The Hall–Kier alpha value is 0.519. The van der Waals surface area contributed by atoms with Gasteiger partial charge in [0.1, 0.15) is 0 Å². The van der Waals surface area contributed by atoms with E-state index in [0.717, 1.165) is 8.63 Å². The Balaban J connectivity index is 1.52. The van der Waals surface area contributed by atoms with Crippen LogP contribution in [0.15, 0.2) is 0 Å². The van der Waals surface area contributed by atoms with Crippen molar-refractivity contribution in [3.63, 3.8) is 0 Å². The van der Waals surface area contributed by atoms with E-state index in [1.165, 1.54) is 57.3 Å².